The van der Waals surface area contributed by atoms with Crippen LogP contribution in [0.4, 0.5) is 5.69 Å². The van der Waals surface area contributed by atoms with Crippen LogP contribution in [-0.2, 0) is 0 Å². The van der Waals surface area contributed by atoms with Crippen LogP contribution in [0.3, 0.4) is 0 Å². The van der Waals surface area contributed by atoms with Crippen LogP contribution < -0.4 is 5.63 Å². The van der Waals surface area contributed by atoms with Crippen molar-refractivity contribution in [2.75, 3.05) is 0 Å². The lowest BCUT2D eigenvalue weighted by molar-refractivity contribution is -0.384. The molecule has 0 bridgehead atoms. The van der Waals surface area contributed by atoms with Crippen LogP contribution in [-0.4, -0.2) is 4.92 Å². The molecule has 5 nitrogen and oxygen atoms in total. The van der Waals surface area contributed by atoms with Crippen molar-refractivity contribution < 1.29 is 9.34 Å². The van der Waals surface area contributed by atoms with Gasteiger partial charge in [0, 0.05) is 17.5 Å². The molecule has 0 aliphatic rings. The number of benzene rings is 3. The quantitative estimate of drug-likeness (QED) is 0.236. The lowest BCUT2D eigenvalue weighted by Gasteiger charge is -2.05. The zero-order chi connectivity index (χ0) is 16.7. The highest BCUT2D eigenvalue weighted by molar-refractivity contribution is 6.06. The van der Waals surface area contributed by atoms with E-state index in [1.54, 1.807) is 24.3 Å². The summed E-state index contributed by atoms with van der Waals surface area (Å²) in [4.78, 5) is 22.6. The van der Waals surface area contributed by atoms with Crippen molar-refractivity contribution in [1.29, 1.82) is 0 Å². The molecule has 116 valence electrons. The summed E-state index contributed by atoms with van der Waals surface area (Å²) < 4.78 is 5.44. The summed E-state index contributed by atoms with van der Waals surface area (Å²) in [6.45, 7) is 0. The van der Waals surface area contributed by atoms with Crippen molar-refractivity contribution in [1.82, 2.24) is 0 Å². The van der Waals surface area contributed by atoms with Crippen LogP contribution in [0.1, 0.15) is 0 Å². The summed E-state index contributed by atoms with van der Waals surface area (Å²) in [6, 6.07) is 19.2. The maximum absolute atomic E-state index is 12.3. The van der Waals surface area contributed by atoms with Gasteiger partial charge in [-0.25, -0.2) is 4.79 Å². The summed E-state index contributed by atoms with van der Waals surface area (Å²) in [5.41, 5.74) is 1.00. The Balaban J connectivity index is 1.98. The molecule has 0 N–H and O–H groups in total. The van der Waals surface area contributed by atoms with Crippen molar-refractivity contribution >= 4 is 27.4 Å². The zero-order valence-electron chi connectivity index (χ0n) is 12.4. The lowest BCUT2D eigenvalue weighted by atomic mass is 10.0. The van der Waals surface area contributed by atoms with Gasteiger partial charge in [-0.2, -0.15) is 0 Å². The van der Waals surface area contributed by atoms with Gasteiger partial charge in [0.25, 0.3) is 5.69 Å². The first-order chi connectivity index (χ1) is 11.6. The largest absolute Gasteiger partial charge is 0.422 e. The highest BCUT2D eigenvalue weighted by Gasteiger charge is 2.11. The van der Waals surface area contributed by atoms with Gasteiger partial charge in [-0.05, 0) is 40.6 Å². The molecule has 0 spiro atoms. The van der Waals surface area contributed by atoms with Gasteiger partial charge in [-0.15, -0.1) is 0 Å². The molecule has 4 aromatic rings. The second-order valence-electron chi connectivity index (χ2n) is 5.45. The average molecular weight is 317 g/mol. The molecule has 0 amide bonds. The van der Waals surface area contributed by atoms with Crippen LogP contribution in [0, 0.1) is 10.1 Å². The Labute approximate surface area is 135 Å². The van der Waals surface area contributed by atoms with E-state index in [0.29, 0.717) is 16.7 Å². The predicted octanol–water partition coefficient (Wildman–Crippen LogP) is 4.52. The molecular weight excluding hydrogens is 306 g/mol. The van der Waals surface area contributed by atoms with Crippen LogP contribution in [0.2, 0.25) is 0 Å². The third kappa shape index (κ3) is 2.23. The van der Waals surface area contributed by atoms with Gasteiger partial charge in [0.15, 0.2) is 0 Å². The number of hydrogen-bond donors (Lipinski definition) is 0. The van der Waals surface area contributed by atoms with Gasteiger partial charge < -0.3 is 4.42 Å². The molecule has 0 aliphatic carbocycles. The average Bonchev–Trinajstić information content (AvgIpc) is 2.61. The minimum Gasteiger partial charge on any atom is -0.422 e. The summed E-state index contributed by atoms with van der Waals surface area (Å²) in [5, 5.41) is 13.6. The first kappa shape index (κ1) is 14.1. The Morgan fingerprint density at radius 3 is 2.38 bits per heavy atom. The van der Waals surface area contributed by atoms with E-state index in [-0.39, 0.29) is 5.69 Å². The fraction of sp³-hybridized carbons (Fsp3) is 0. The Morgan fingerprint density at radius 1 is 0.875 bits per heavy atom. The molecule has 4 rings (SSSR count). The monoisotopic (exact) mass is 317 g/mol. The summed E-state index contributed by atoms with van der Waals surface area (Å²) in [5.74, 6) is 0. The van der Waals surface area contributed by atoms with E-state index in [1.165, 1.54) is 12.1 Å². The van der Waals surface area contributed by atoms with Crippen LogP contribution >= 0.6 is 0 Å². The molecule has 1 aromatic heterocycles. The van der Waals surface area contributed by atoms with E-state index in [4.69, 9.17) is 4.42 Å². The molecule has 3 aromatic carbocycles. The number of non-ortho nitro benzene ring substituents is 1. The highest BCUT2D eigenvalue weighted by Crippen LogP contribution is 2.28. The van der Waals surface area contributed by atoms with Crippen molar-refractivity contribution in [3.63, 3.8) is 0 Å². The molecule has 24 heavy (non-hydrogen) atoms. The molecule has 5 heteroatoms. The third-order valence-electron chi connectivity index (χ3n) is 4.03. The van der Waals surface area contributed by atoms with Gasteiger partial charge in [0.2, 0.25) is 0 Å². The van der Waals surface area contributed by atoms with Crippen LogP contribution in [0.5, 0.6) is 0 Å². The Morgan fingerprint density at radius 2 is 1.62 bits per heavy atom. The number of nitro benzene ring substituents is 1. The van der Waals surface area contributed by atoms with Crippen molar-refractivity contribution in [3.05, 3.63) is 87.3 Å². The molecule has 0 atom stereocenters. The second kappa shape index (κ2) is 5.31. The van der Waals surface area contributed by atoms with E-state index in [0.717, 1.165) is 16.2 Å². The third-order valence-corrected chi connectivity index (χ3v) is 4.03. The summed E-state index contributed by atoms with van der Waals surface area (Å²) in [7, 11) is 0. The molecule has 0 saturated carbocycles. The number of rotatable bonds is 2. The van der Waals surface area contributed by atoms with Gasteiger partial charge in [0.1, 0.15) is 5.58 Å². The molecule has 0 fully saturated rings. The lowest BCUT2D eigenvalue weighted by Crippen LogP contribution is -2.02. The number of nitrogens with zero attached hydrogens (tertiary/aromatic N) is 1. The minimum absolute atomic E-state index is 0.0191. The van der Waals surface area contributed by atoms with Gasteiger partial charge >= 0.3 is 5.63 Å². The van der Waals surface area contributed by atoms with Crippen molar-refractivity contribution in [2.24, 2.45) is 0 Å². The van der Waals surface area contributed by atoms with Gasteiger partial charge in [-0.3, -0.25) is 10.1 Å². The topological polar surface area (TPSA) is 73.3 Å². The maximum atomic E-state index is 12.3. The Hall–Kier alpha value is -3.47. The van der Waals surface area contributed by atoms with Crippen molar-refractivity contribution in [2.45, 2.75) is 0 Å². The van der Waals surface area contributed by atoms with E-state index >= 15 is 0 Å². The van der Waals surface area contributed by atoms with Crippen LogP contribution in [0.25, 0.3) is 32.9 Å². The standard InChI is InChI=1S/C19H11NO4/c21-19-16(13-5-8-14(9-6-13)20(22)23)11-17-15-4-2-1-3-12(15)7-10-18(17)24-19/h1-11H. The number of nitro groups is 1. The second-order valence-corrected chi connectivity index (χ2v) is 5.45. The normalized spacial score (nSPS) is 11.0. The molecule has 0 radical (unpaired) electrons. The minimum atomic E-state index is -0.472. The zero-order valence-corrected chi connectivity index (χ0v) is 12.4. The highest BCUT2D eigenvalue weighted by atomic mass is 16.6. The fourth-order valence-electron chi connectivity index (χ4n) is 2.84. The first-order valence-electron chi connectivity index (χ1n) is 7.34. The number of fused-ring (bicyclic) bond motifs is 3. The molecule has 0 unspecified atom stereocenters. The van der Waals surface area contributed by atoms with E-state index in [9.17, 15) is 14.9 Å². The molecule has 1 heterocycles. The maximum Gasteiger partial charge on any atom is 0.344 e. The first-order valence-corrected chi connectivity index (χ1v) is 7.34. The predicted molar refractivity (Wildman–Crippen MR) is 92.1 cm³/mol. The summed E-state index contributed by atoms with van der Waals surface area (Å²) in [6.07, 6.45) is 0. The van der Waals surface area contributed by atoms with E-state index in [2.05, 4.69) is 0 Å². The van der Waals surface area contributed by atoms with E-state index in [1.807, 2.05) is 30.3 Å². The van der Waals surface area contributed by atoms with Gasteiger partial charge in [-0.1, -0.05) is 30.3 Å². The van der Waals surface area contributed by atoms with E-state index < -0.39 is 10.5 Å². The number of hydrogen-bond acceptors (Lipinski definition) is 4. The summed E-state index contributed by atoms with van der Waals surface area (Å²) >= 11 is 0. The molecule has 0 saturated heterocycles. The Kier molecular flexibility index (Phi) is 3.13. The smallest absolute Gasteiger partial charge is 0.344 e. The molecule has 0 aliphatic heterocycles. The van der Waals surface area contributed by atoms with Crippen LogP contribution in [0.15, 0.2) is 75.9 Å². The molecular formula is C19H11NO4. The fourth-order valence-corrected chi connectivity index (χ4v) is 2.84. The van der Waals surface area contributed by atoms with Gasteiger partial charge in [0.05, 0.1) is 10.5 Å². The van der Waals surface area contributed by atoms with Crippen molar-refractivity contribution in [3.8, 4) is 11.1 Å². The SMILES string of the molecule is O=c1oc2ccc3ccccc3c2cc1-c1ccc([N+](=O)[O-])cc1. The Bertz CT molecular complexity index is 1140.